The van der Waals surface area contributed by atoms with Crippen molar-refractivity contribution in [3.05, 3.63) is 48.1 Å². The molecule has 0 aliphatic heterocycles. The summed E-state index contributed by atoms with van der Waals surface area (Å²) in [5.74, 6) is 4.49. The lowest BCUT2D eigenvalue weighted by atomic mass is 9.47. The molecule has 0 radical (unpaired) electrons. The predicted octanol–water partition coefficient (Wildman–Crippen LogP) is 13.9. The Bertz CT molecular complexity index is 1090. The number of allylic oxidation sites excluding steroid dienone is 7. The number of carbonyl (C=O) groups excluding carboxylic acids is 1. The van der Waals surface area contributed by atoms with Gasteiger partial charge in [0.2, 0.25) is 0 Å². The molecule has 0 spiro atoms. The quantitative estimate of drug-likeness (QED) is 0.0738. The van der Waals surface area contributed by atoms with Crippen molar-refractivity contribution in [2.45, 2.75) is 189 Å². The van der Waals surface area contributed by atoms with Crippen molar-refractivity contribution < 1.29 is 9.53 Å². The summed E-state index contributed by atoms with van der Waals surface area (Å²) >= 11 is 0. The Morgan fingerprint density at radius 3 is 2.25 bits per heavy atom. The summed E-state index contributed by atoms with van der Waals surface area (Å²) < 4.78 is 6.14. The molecule has 0 bridgehead atoms. The zero-order valence-corrected chi connectivity index (χ0v) is 32.5. The first-order chi connectivity index (χ1) is 23.1. The van der Waals surface area contributed by atoms with Gasteiger partial charge in [0.15, 0.2) is 0 Å². The SMILES string of the molecule is C=C(CC[C@@H](C)[C@H]1CC[C@H]2C3=CCC4CC(OC(=O)CCCCCCCC=CCC=CCCCCC)CC[C@]4(C)[C@H]3CC[C@]12C)C(C)C. The monoisotopic (exact) mass is 661 g/mol. The van der Waals surface area contributed by atoms with Crippen molar-refractivity contribution in [1.29, 1.82) is 0 Å². The van der Waals surface area contributed by atoms with Gasteiger partial charge < -0.3 is 4.74 Å². The molecule has 2 nitrogen and oxygen atoms in total. The van der Waals surface area contributed by atoms with E-state index in [2.05, 4.69) is 78.5 Å². The van der Waals surface area contributed by atoms with E-state index in [-0.39, 0.29) is 12.1 Å². The first-order valence-electron chi connectivity index (χ1n) is 21.0. The highest BCUT2D eigenvalue weighted by Gasteiger charge is 2.58. The Morgan fingerprint density at radius 2 is 1.52 bits per heavy atom. The lowest BCUT2D eigenvalue weighted by molar-refractivity contribution is -0.155. The molecule has 3 saturated carbocycles. The highest BCUT2D eigenvalue weighted by molar-refractivity contribution is 5.69. The average molecular weight is 661 g/mol. The fraction of sp³-hybridized carbons (Fsp3) is 0.804. The topological polar surface area (TPSA) is 26.3 Å². The lowest BCUT2D eigenvalue weighted by Gasteiger charge is -2.58. The number of fused-ring (bicyclic) bond motifs is 5. The highest BCUT2D eigenvalue weighted by atomic mass is 16.5. The second kappa shape index (κ2) is 19.2. The lowest BCUT2D eigenvalue weighted by Crippen LogP contribution is -2.50. The van der Waals surface area contributed by atoms with Gasteiger partial charge in [-0.15, -0.1) is 0 Å². The third-order valence-corrected chi connectivity index (χ3v) is 14.2. The van der Waals surface area contributed by atoms with Gasteiger partial charge in [0.25, 0.3) is 0 Å². The molecule has 2 heteroatoms. The second-order valence-corrected chi connectivity index (χ2v) is 17.7. The molecule has 48 heavy (non-hydrogen) atoms. The molecule has 0 heterocycles. The molecular formula is C46H76O2. The molecule has 0 amide bonds. The minimum Gasteiger partial charge on any atom is -0.462 e. The number of ether oxygens (including phenoxy) is 1. The van der Waals surface area contributed by atoms with E-state index in [1.165, 1.54) is 108 Å². The Balaban J connectivity index is 1.14. The van der Waals surface area contributed by atoms with Crippen LogP contribution in [0.5, 0.6) is 0 Å². The van der Waals surface area contributed by atoms with Crippen LogP contribution in [-0.2, 0) is 9.53 Å². The van der Waals surface area contributed by atoms with Crippen LogP contribution in [0.2, 0.25) is 0 Å². The van der Waals surface area contributed by atoms with Gasteiger partial charge in [0.1, 0.15) is 6.10 Å². The van der Waals surface area contributed by atoms with Crippen molar-refractivity contribution in [2.24, 2.45) is 46.3 Å². The minimum atomic E-state index is 0.0536. The molecule has 0 N–H and O–H groups in total. The van der Waals surface area contributed by atoms with Gasteiger partial charge in [-0.05, 0) is 149 Å². The van der Waals surface area contributed by atoms with Crippen molar-refractivity contribution in [1.82, 2.24) is 0 Å². The van der Waals surface area contributed by atoms with E-state index < -0.39 is 0 Å². The van der Waals surface area contributed by atoms with E-state index in [1.807, 2.05) is 5.57 Å². The number of carbonyl (C=O) groups is 1. The zero-order valence-electron chi connectivity index (χ0n) is 32.5. The molecule has 272 valence electrons. The zero-order chi connectivity index (χ0) is 34.6. The number of hydrogen-bond donors (Lipinski definition) is 0. The summed E-state index contributed by atoms with van der Waals surface area (Å²) in [5, 5.41) is 0. The van der Waals surface area contributed by atoms with Crippen LogP contribution in [0.1, 0.15) is 183 Å². The summed E-state index contributed by atoms with van der Waals surface area (Å²) in [7, 11) is 0. The molecule has 4 rings (SSSR count). The first-order valence-corrected chi connectivity index (χ1v) is 21.0. The maximum absolute atomic E-state index is 12.8. The fourth-order valence-corrected chi connectivity index (χ4v) is 10.8. The van der Waals surface area contributed by atoms with E-state index in [1.54, 1.807) is 0 Å². The van der Waals surface area contributed by atoms with Crippen LogP contribution in [0.3, 0.4) is 0 Å². The fourth-order valence-electron chi connectivity index (χ4n) is 10.8. The van der Waals surface area contributed by atoms with E-state index in [0.717, 1.165) is 55.8 Å². The van der Waals surface area contributed by atoms with Crippen molar-refractivity contribution >= 4 is 5.97 Å². The van der Waals surface area contributed by atoms with Crippen molar-refractivity contribution in [3.8, 4) is 0 Å². The van der Waals surface area contributed by atoms with Gasteiger partial charge in [-0.3, -0.25) is 4.79 Å². The number of unbranched alkanes of at least 4 members (excludes halogenated alkanes) is 8. The molecule has 8 atom stereocenters. The molecule has 3 fully saturated rings. The summed E-state index contributed by atoms with van der Waals surface area (Å²) in [6.45, 7) is 19.0. The number of rotatable bonds is 20. The van der Waals surface area contributed by atoms with Gasteiger partial charge >= 0.3 is 5.97 Å². The molecule has 0 aromatic heterocycles. The normalized spacial score (nSPS) is 32.2. The molecule has 4 aliphatic rings. The second-order valence-electron chi connectivity index (χ2n) is 17.7. The van der Waals surface area contributed by atoms with Crippen molar-refractivity contribution in [2.75, 3.05) is 0 Å². The van der Waals surface area contributed by atoms with Crippen LogP contribution in [-0.4, -0.2) is 12.1 Å². The maximum Gasteiger partial charge on any atom is 0.306 e. The molecule has 0 aromatic rings. The number of hydrogen-bond acceptors (Lipinski definition) is 2. The summed E-state index contributed by atoms with van der Waals surface area (Å²) in [5.41, 5.74) is 4.13. The van der Waals surface area contributed by atoms with Crippen LogP contribution in [0.15, 0.2) is 48.1 Å². The van der Waals surface area contributed by atoms with Crippen molar-refractivity contribution in [3.63, 3.8) is 0 Å². The number of esters is 1. The predicted molar refractivity (Wildman–Crippen MR) is 207 cm³/mol. The standard InChI is InChI=1S/C46H76O2/c1-8-9-10-11-12-13-14-15-16-17-18-19-20-21-22-23-44(47)48-39-30-32-45(6)38(34-39)26-27-40-42-29-28-41(46(42,7)33-31-43(40)45)37(5)25-24-36(4)35(2)3/h12-13,15-16,27,35,37-39,41-43H,4,8-11,14,17-26,28-34H2,1-3,5-7H3/t37-,38?,39?,41-,42+,43+,45+,46-/m1/s1. The summed E-state index contributed by atoms with van der Waals surface area (Å²) in [4.78, 5) is 12.8. The van der Waals surface area contributed by atoms with Crippen LogP contribution >= 0.6 is 0 Å². The minimum absolute atomic E-state index is 0.0536. The Hall–Kier alpha value is -1.57. The molecule has 2 unspecified atom stereocenters. The van der Waals surface area contributed by atoms with Crippen LogP contribution in [0.25, 0.3) is 0 Å². The smallest absolute Gasteiger partial charge is 0.306 e. The Morgan fingerprint density at radius 1 is 0.854 bits per heavy atom. The summed E-state index contributed by atoms with van der Waals surface area (Å²) in [6.07, 6.45) is 38.7. The average Bonchev–Trinajstić information content (AvgIpc) is 3.42. The Kier molecular flexibility index (Phi) is 15.6. The molecular weight excluding hydrogens is 585 g/mol. The summed E-state index contributed by atoms with van der Waals surface area (Å²) in [6, 6.07) is 0. The van der Waals surface area contributed by atoms with Crippen LogP contribution < -0.4 is 0 Å². The van der Waals surface area contributed by atoms with Gasteiger partial charge in [0.05, 0.1) is 0 Å². The van der Waals surface area contributed by atoms with E-state index in [4.69, 9.17) is 4.74 Å². The third kappa shape index (κ3) is 10.2. The highest BCUT2D eigenvalue weighted by Crippen LogP contribution is 2.67. The van der Waals surface area contributed by atoms with E-state index >= 15 is 0 Å². The van der Waals surface area contributed by atoms with E-state index in [0.29, 0.717) is 29.1 Å². The largest absolute Gasteiger partial charge is 0.462 e. The van der Waals surface area contributed by atoms with Crippen LogP contribution in [0, 0.1) is 46.3 Å². The third-order valence-electron chi connectivity index (χ3n) is 14.2. The van der Waals surface area contributed by atoms with Gasteiger partial charge in [-0.25, -0.2) is 0 Å². The van der Waals surface area contributed by atoms with Gasteiger partial charge in [0, 0.05) is 6.42 Å². The van der Waals surface area contributed by atoms with Crippen LogP contribution in [0.4, 0.5) is 0 Å². The van der Waals surface area contributed by atoms with E-state index in [9.17, 15) is 4.79 Å². The Labute approximate surface area is 298 Å². The first kappa shape index (κ1) is 39.2. The molecule has 4 aliphatic carbocycles. The van der Waals surface area contributed by atoms with Gasteiger partial charge in [-0.2, -0.15) is 0 Å². The maximum atomic E-state index is 12.8. The molecule has 0 saturated heterocycles. The molecule has 0 aromatic carbocycles. The van der Waals surface area contributed by atoms with Gasteiger partial charge in [-0.1, -0.05) is 122 Å².